The van der Waals surface area contributed by atoms with Crippen molar-refractivity contribution in [1.82, 2.24) is 9.97 Å². The Morgan fingerprint density at radius 1 is 1.38 bits per heavy atom. The van der Waals surface area contributed by atoms with E-state index in [1.807, 2.05) is 26.0 Å². The molecule has 2 N–H and O–H groups in total. The minimum Gasteiger partial charge on any atom is -0.492 e. The van der Waals surface area contributed by atoms with Crippen LogP contribution in [0.5, 0.6) is 5.75 Å². The van der Waals surface area contributed by atoms with Gasteiger partial charge in [0.2, 0.25) is 5.91 Å². The van der Waals surface area contributed by atoms with Gasteiger partial charge in [-0.3, -0.25) is 9.59 Å². The second-order valence-electron chi connectivity index (χ2n) is 5.07. The van der Waals surface area contributed by atoms with Gasteiger partial charge in [-0.1, -0.05) is 30.8 Å². The number of nitrogens with zero attached hydrogens (tertiary/aromatic N) is 1. The van der Waals surface area contributed by atoms with E-state index in [1.165, 1.54) is 17.8 Å². The number of ether oxygens (including phenoxy) is 1. The summed E-state index contributed by atoms with van der Waals surface area (Å²) in [5.41, 5.74) is 1.12. The highest BCUT2D eigenvalue weighted by molar-refractivity contribution is 8.00. The minimum atomic E-state index is -0.421. The second kappa shape index (κ2) is 8.54. The lowest BCUT2D eigenvalue weighted by Crippen LogP contribution is -2.23. The maximum absolute atomic E-state index is 12.4. The Morgan fingerprint density at radius 2 is 2.12 bits per heavy atom. The first-order chi connectivity index (χ1) is 11.5. The van der Waals surface area contributed by atoms with Crippen LogP contribution in [0.15, 0.2) is 40.3 Å². The van der Waals surface area contributed by atoms with Crippen LogP contribution < -0.4 is 15.6 Å². The quantitative estimate of drug-likeness (QED) is 0.594. The third-order valence-electron chi connectivity index (χ3n) is 3.24. The standard InChI is InChI=1S/C17H21N3O3S/c1-4-12-10-15(21)20-17(18-12)24-11(3)16(22)19-13-8-6-7-9-14(13)23-5-2/h6-11H,4-5H2,1-3H3,(H,19,22)(H,18,20,21). The molecule has 1 heterocycles. The summed E-state index contributed by atoms with van der Waals surface area (Å²) in [4.78, 5) is 31.0. The third kappa shape index (κ3) is 4.86. The molecule has 1 aromatic heterocycles. The highest BCUT2D eigenvalue weighted by Gasteiger charge is 2.17. The first-order valence-corrected chi connectivity index (χ1v) is 8.71. The molecule has 7 heteroatoms. The number of anilines is 1. The van der Waals surface area contributed by atoms with Gasteiger partial charge in [0.1, 0.15) is 5.75 Å². The van der Waals surface area contributed by atoms with Gasteiger partial charge in [-0.2, -0.15) is 0 Å². The molecule has 0 aliphatic carbocycles. The van der Waals surface area contributed by atoms with E-state index in [0.29, 0.717) is 35.3 Å². The molecule has 128 valence electrons. The molecule has 0 radical (unpaired) electrons. The molecule has 2 rings (SSSR count). The Morgan fingerprint density at radius 3 is 2.83 bits per heavy atom. The van der Waals surface area contributed by atoms with E-state index < -0.39 is 5.25 Å². The molecular formula is C17H21N3O3S. The lowest BCUT2D eigenvalue weighted by Gasteiger charge is -2.14. The highest BCUT2D eigenvalue weighted by atomic mass is 32.2. The average molecular weight is 347 g/mol. The van der Waals surface area contributed by atoms with Crippen LogP contribution in [0.1, 0.15) is 26.5 Å². The lowest BCUT2D eigenvalue weighted by atomic mass is 10.3. The normalized spacial score (nSPS) is 11.8. The maximum Gasteiger partial charge on any atom is 0.251 e. The van der Waals surface area contributed by atoms with Gasteiger partial charge < -0.3 is 15.0 Å². The fraction of sp³-hybridized carbons (Fsp3) is 0.353. The van der Waals surface area contributed by atoms with Crippen LogP contribution >= 0.6 is 11.8 Å². The molecule has 1 amide bonds. The number of carbonyl (C=O) groups excluding carboxylic acids is 1. The summed E-state index contributed by atoms with van der Waals surface area (Å²) >= 11 is 1.21. The molecule has 2 aromatic rings. The molecule has 0 aliphatic rings. The van der Waals surface area contributed by atoms with Crippen molar-refractivity contribution in [2.45, 2.75) is 37.6 Å². The van der Waals surface area contributed by atoms with Crippen LogP contribution in [0, 0.1) is 0 Å². The van der Waals surface area contributed by atoms with Gasteiger partial charge in [0, 0.05) is 11.8 Å². The van der Waals surface area contributed by atoms with E-state index >= 15 is 0 Å². The number of aryl methyl sites for hydroxylation is 1. The number of amides is 1. The molecule has 1 aromatic carbocycles. The summed E-state index contributed by atoms with van der Waals surface area (Å²) in [5, 5.41) is 2.88. The van der Waals surface area contributed by atoms with E-state index in [9.17, 15) is 9.59 Å². The molecule has 0 spiro atoms. The SMILES string of the molecule is CCOc1ccccc1NC(=O)C(C)Sc1nc(CC)cc(=O)[nH]1. The van der Waals surface area contributed by atoms with Gasteiger partial charge in [-0.25, -0.2) is 4.98 Å². The number of aromatic nitrogens is 2. The molecule has 0 bridgehead atoms. The first-order valence-electron chi connectivity index (χ1n) is 7.83. The van der Waals surface area contributed by atoms with Crippen molar-refractivity contribution in [2.75, 3.05) is 11.9 Å². The van der Waals surface area contributed by atoms with Crippen molar-refractivity contribution in [3.05, 3.63) is 46.4 Å². The number of rotatable bonds is 7. The zero-order valence-corrected chi connectivity index (χ0v) is 14.8. The number of H-pyrrole nitrogens is 1. The summed E-state index contributed by atoms with van der Waals surface area (Å²) in [7, 11) is 0. The summed E-state index contributed by atoms with van der Waals surface area (Å²) in [6, 6.07) is 8.75. The number of aromatic amines is 1. The Labute approximate surface area is 145 Å². The van der Waals surface area contributed by atoms with Gasteiger partial charge in [-0.15, -0.1) is 0 Å². The average Bonchev–Trinajstić information content (AvgIpc) is 2.56. The number of hydrogen-bond acceptors (Lipinski definition) is 5. The van der Waals surface area contributed by atoms with Crippen LogP contribution in [-0.4, -0.2) is 27.7 Å². The largest absolute Gasteiger partial charge is 0.492 e. The van der Waals surface area contributed by atoms with Crippen molar-refractivity contribution in [2.24, 2.45) is 0 Å². The van der Waals surface area contributed by atoms with Gasteiger partial charge in [0.25, 0.3) is 5.56 Å². The fourth-order valence-electron chi connectivity index (χ4n) is 2.03. The van der Waals surface area contributed by atoms with E-state index in [0.717, 1.165) is 0 Å². The topological polar surface area (TPSA) is 84.1 Å². The van der Waals surface area contributed by atoms with Crippen LogP contribution in [0.3, 0.4) is 0 Å². The maximum atomic E-state index is 12.4. The number of benzene rings is 1. The van der Waals surface area contributed by atoms with Crippen molar-refractivity contribution < 1.29 is 9.53 Å². The van der Waals surface area contributed by atoms with E-state index in [2.05, 4.69) is 15.3 Å². The Kier molecular flexibility index (Phi) is 6.43. The molecule has 1 atom stereocenters. The van der Waals surface area contributed by atoms with Gasteiger partial charge in [-0.05, 0) is 32.4 Å². The van der Waals surface area contributed by atoms with Gasteiger partial charge in [0.15, 0.2) is 5.16 Å². The number of carbonyl (C=O) groups is 1. The third-order valence-corrected chi connectivity index (χ3v) is 4.22. The number of nitrogens with one attached hydrogen (secondary N) is 2. The summed E-state index contributed by atoms with van der Waals surface area (Å²) in [5.74, 6) is 0.446. The Bertz CT molecular complexity index is 761. The van der Waals surface area contributed by atoms with E-state index in [4.69, 9.17) is 4.74 Å². The molecule has 6 nitrogen and oxygen atoms in total. The number of para-hydroxylation sites is 2. The molecule has 0 aliphatic heterocycles. The van der Waals surface area contributed by atoms with Gasteiger partial charge in [0.05, 0.1) is 17.5 Å². The van der Waals surface area contributed by atoms with Crippen LogP contribution in [-0.2, 0) is 11.2 Å². The van der Waals surface area contributed by atoms with Crippen molar-refractivity contribution in [1.29, 1.82) is 0 Å². The van der Waals surface area contributed by atoms with Crippen LogP contribution in [0.25, 0.3) is 0 Å². The lowest BCUT2D eigenvalue weighted by molar-refractivity contribution is -0.115. The molecule has 24 heavy (non-hydrogen) atoms. The smallest absolute Gasteiger partial charge is 0.251 e. The minimum absolute atomic E-state index is 0.184. The Hall–Kier alpha value is -2.28. The number of thioether (sulfide) groups is 1. The number of hydrogen-bond donors (Lipinski definition) is 2. The predicted octanol–water partition coefficient (Wildman–Crippen LogP) is 2.85. The fourth-order valence-corrected chi connectivity index (χ4v) is 2.86. The van der Waals surface area contributed by atoms with Crippen molar-refractivity contribution >= 4 is 23.4 Å². The van der Waals surface area contributed by atoms with Crippen LogP contribution in [0.4, 0.5) is 5.69 Å². The monoisotopic (exact) mass is 347 g/mol. The molecule has 0 saturated carbocycles. The summed E-state index contributed by atoms with van der Waals surface area (Å²) in [6.07, 6.45) is 0.666. The molecular weight excluding hydrogens is 326 g/mol. The Balaban J connectivity index is 2.08. The zero-order valence-electron chi connectivity index (χ0n) is 14.0. The second-order valence-corrected chi connectivity index (χ2v) is 6.40. The molecule has 1 unspecified atom stereocenters. The first kappa shape index (κ1) is 18.1. The van der Waals surface area contributed by atoms with Crippen molar-refractivity contribution in [3.8, 4) is 5.75 Å². The van der Waals surface area contributed by atoms with E-state index in [-0.39, 0.29) is 11.5 Å². The van der Waals surface area contributed by atoms with Crippen molar-refractivity contribution in [3.63, 3.8) is 0 Å². The highest BCUT2D eigenvalue weighted by Crippen LogP contribution is 2.26. The van der Waals surface area contributed by atoms with Crippen LogP contribution in [0.2, 0.25) is 0 Å². The molecule has 0 fully saturated rings. The summed E-state index contributed by atoms with van der Waals surface area (Å²) in [6.45, 7) is 6.10. The van der Waals surface area contributed by atoms with E-state index in [1.54, 1.807) is 19.1 Å². The summed E-state index contributed by atoms with van der Waals surface area (Å²) < 4.78 is 5.50. The molecule has 0 saturated heterocycles. The zero-order chi connectivity index (χ0) is 17.5. The van der Waals surface area contributed by atoms with Gasteiger partial charge >= 0.3 is 0 Å². The predicted molar refractivity (Wildman–Crippen MR) is 95.8 cm³/mol.